The van der Waals surface area contributed by atoms with E-state index in [0.717, 1.165) is 5.56 Å². The average molecular weight is 307 g/mol. The van der Waals surface area contributed by atoms with E-state index in [1.807, 2.05) is 30.3 Å². The first-order valence-corrected chi connectivity index (χ1v) is 6.87. The molecule has 1 aromatic heterocycles. The van der Waals surface area contributed by atoms with Gasteiger partial charge >= 0.3 is 5.97 Å². The van der Waals surface area contributed by atoms with Crippen molar-refractivity contribution in [1.82, 2.24) is 9.78 Å². The van der Waals surface area contributed by atoms with E-state index in [9.17, 15) is 9.59 Å². The van der Waals surface area contributed by atoms with Crippen LogP contribution in [0.5, 0.6) is 0 Å². The van der Waals surface area contributed by atoms with Gasteiger partial charge in [-0.25, -0.2) is 4.68 Å². The van der Waals surface area contributed by atoms with Crippen LogP contribution in [0.4, 0.5) is 0 Å². The SMILES string of the molecule is CC(=O)OCCc1c(Cl)cnn(Cc2ccccc2)c1=O. The van der Waals surface area contributed by atoms with Crippen molar-refractivity contribution in [2.45, 2.75) is 19.9 Å². The van der Waals surface area contributed by atoms with Gasteiger partial charge in [0.15, 0.2) is 0 Å². The van der Waals surface area contributed by atoms with Crippen molar-refractivity contribution in [2.75, 3.05) is 6.61 Å². The number of esters is 1. The largest absolute Gasteiger partial charge is 0.466 e. The molecule has 110 valence electrons. The first-order valence-electron chi connectivity index (χ1n) is 6.49. The van der Waals surface area contributed by atoms with E-state index in [1.54, 1.807) is 0 Å². The quantitative estimate of drug-likeness (QED) is 0.793. The fourth-order valence-electron chi connectivity index (χ4n) is 1.90. The third-order valence-corrected chi connectivity index (χ3v) is 3.25. The van der Waals surface area contributed by atoms with Crippen molar-refractivity contribution in [2.24, 2.45) is 0 Å². The monoisotopic (exact) mass is 306 g/mol. The third-order valence-electron chi connectivity index (χ3n) is 2.92. The Balaban J connectivity index is 2.20. The Labute approximate surface area is 127 Å². The predicted octanol–water partition coefficient (Wildman–Crippen LogP) is 2.05. The van der Waals surface area contributed by atoms with Crippen molar-refractivity contribution < 1.29 is 9.53 Å². The second-order valence-electron chi connectivity index (χ2n) is 4.51. The lowest BCUT2D eigenvalue weighted by molar-refractivity contribution is -0.140. The summed E-state index contributed by atoms with van der Waals surface area (Å²) in [4.78, 5) is 23.1. The molecule has 1 heterocycles. The zero-order valence-corrected chi connectivity index (χ0v) is 12.3. The van der Waals surface area contributed by atoms with E-state index in [0.29, 0.717) is 12.1 Å². The van der Waals surface area contributed by atoms with Gasteiger partial charge in [0.25, 0.3) is 5.56 Å². The van der Waals surface area contributed by atoms with Crippen LogP contribution in [0, 0.1) is 0 Å². The first-order chi connectivity index (χ1) is 10.1. The van der Waals surface area contributed by atoms with Crippen LogP contribution in [0.2, 0.25) is 5.02 Å². The highest BCUT2D eigenvalue weighted by Crippen LogP contribution is 2.11. The highest BCUT2D eigenvalue weighted by molar-refractivity contribution is 6.31. The number of aromatic nitrogens is 2. The summed E-state index contributed by atoms with van der Waals surface area (Å²) in [7, 11) is 0. The lowest BCUT2D eigenvalue weighted by Gasteiger charge is -2.09. The summed E-state index contributed by atoms with van der Waals surface area (Å²) in [6.07, 6.45) is 1.71. The number of ether oxygens (including phenoxy) is 1. The van der Waals surface area contributed by atoms with Crippen molar-refractivity contribution in [3.05, 3.63) is 63.0 Å². The van der Waals surface area contributed by atoms with Crippen LogP contribution < -0.4 is 5.56 Å². The Morgan fingerprint density at radius 1 is 1.33 bits per heavy atom. The molecular formula is C15H15ClN2O3. The average Bonchev–Trinajstić information content (AvgIpc) is 2.46. The molecule has 0 aliphatic carbocycles. The number of benzene rings is 1. The Morgan fingerprint density at radius 3 is 2.71 bits per heavy atom. The molecule has 0 aliphatic rings. The maximum absolute atomic E-state index is 12.3. The predicted molar refractivity (Wildman–Crippen MR) is 79.4 cm³/mol. The van der Waals surface area contributed by atoms with Crippen LogP contribution in [-0.2, 0) is 22.5 Å². The van der Waals surface area contributed by atoms with E-state index in [4.69, 9.17) is 16.3 Å². The molecule has 21 heavy (non-hydrogen) atoms. The molecule has 0 saturated heterocycles. The van der Waals surface area contributed by atoms with Crippen LogP contribution in [0.15, 0.2) is 41.3 Å². The van der Waals surface area contributed by atoms with Crippen LogP contribution in [0.25, 0.3) is 0 Å². The first kappa shape index (κ1) is 15.3. The van der Waals surface area contributed by atoms with Gasteiger partial charge < -0.3 is 4.74 Å². The van der Waals surface area contributed by atoms with E-state index in [2.05, 4.69) is 5.10 Å². The van der Waals surface area contributed by atoms with Gasteiger partial charge in [-0.1, -0.05) is 41.9 Å². The summed E-state index contributed by atoms with van der Waals surface area (Å²) in [5, 5.41) is 4.33. The Kier molecular flexibility index (Phi) is 5.11. The van der Waals surface area contributed by atoms with E-state index in [-0.39, 0.29) is 29.6 Å². The molecule has 0 amide bonds. The molecule has 6 heteroatoms. The van der Waals surface area contributed by atoms with Crippen LogP contribution in [-0.4, -0.2) is 22.4 Å². The number of nitrogens with zero attached hydrogens (tertiary/aromatic N) is 2. The van der Waals surface area contributed by atoms with Gasteiger partial charge in [-0.15, -0.1) is 0 Å². The maximum atomic E-state index is 12.3. The zero-order valence-electron chi connectivity index (χ0n) is 11.6. The van der Waals surface area contributed by atoms with Gasteiger partial charge in [0.1, 0.15) is 0 Å². The number of hydrogen-bond donors (Lipinski definition) is 0. The van der Waals surface area contributed by atoms with Gasteiger partial charge in [0.05, 0.1) is 24.4 Å². The fourth-order valence-corrected chi connectivity index (χ4v) is 2.12. The maximum Gasteiger partial charge on any atom is 0.302 e. The minimum atomic E-state index is -0.384. The van der Waals surface area contributed by atoms with Crippen molar-refractivity contribution in [3.63, 3.8) is 0 Å². The minimum absolute atomic E-state index is 0.125. The number of halogens is 1. The molecule has 0 atom stereocenters. The molecule has 0 saturated carbocycles. The smallest absolute Gasteiger partial charge is 0.302 e. The Bertz CT molecular complexity index is 683. The van der Waals surface area contributed by atoms with Crippen molar-refractivity contribution in [3.8, 4) is 0 Å². The summed E-state index contributed by atoms with van der Waals surface area (Å²) < 4.78 is 6.20. The van der Waals surface area contributed by atoms with Gasteiger partial charge in [-0.05, 0) is 5.56 Å². The second-order valence-corrected chi connectivity index (χ2v) is 4.92. The Hall–Kier alpha value is -2.14. The van der Waals surface area contributed by atoms with E-state index >= 15 is 0 Å². The summed E-state index contributed by atoms with van der Waals surface area (Å²) in [6, 6.07) is 9.55. The molecule has 0 N–H and O–H groups in total. The van der Waals surface area contributed by atoms with E-state index < -0.39 is 0 Å². The highest BCUT2D eigenvalue weighted by Gasteiger charge is 2.11. The standard InChI is InChI=1S/C15H15ClN2O3/c1-11(19)21-8-7-13-14(16)9-17-18(15(13)20)10-12-5-3-2-4-6-12/h2-6,9H,7-8,10H2,1H3. The summed E-state index contributed by atoms with van der Waals surface area (Å²) in [5.74, 6) is -0.384. The number of hydrogen-bond acceptors (Lipinski definition) is 4. The third kappa shape index (κ3) is 4.16. The summed E-state index contributed by atoms with van der Waals surface area (Å²) in [5.41, 5.74) is 1.11. The molecule has 5 nitrogen and oxygen atoms in total. The summed E-state index contributed by atoms with van der Waals surface area (Å²) >= 11 is 6.00. The molecule has 0 radical (unpaired) electrons. The molecular weight excluding hydrogens is 292 g/mol. The van der Waals surface area contributed by atoms with Gasteiger partial charge in [0, 0.05) is 18.9 Å². The van der Waals surface area contributed by atoms with Crippen molar-refractivity contribution >= 4 is 17.6 Å². The number of carbonyl (C=O) groups is 1. The molecule has 0 fully saturated rings. The molecule has 2 aromatic rings. The molecule has 0 bridgehead atoms. The second kappa shape index (κ2) is 7.04. The minimum Gasteiger partial charge on any atom is -0.466 e. The lowest BCUT2D eigenvalue weighted by Crippen LogP contribution is -2.27. The lowest BCUT2D eigenvalue weighted by atomic mass is 10.2. The highest BCUT2D eigenvalue weighted by atomic mass is 35.5. The topological polar surface area (TPSA) is 61.2 Å². The molecule has 2 rings (SSSR count). The number of rotatable bonds is 5. The number of carbonyl (C=O) groups excluding carboxylic acids is 1. The molecule has 0 unspecified atom stereocenters. The van der Waals surface area contributed by atoms with Gasteiger partial charge in [-0.3, -0.25) is 9.59 Å². The Morgan fingerprint density at radius 2 is 2.05 bits per heavy atom. The normalized spacial score (nSPS) is 10.4. The molecule has 0 spiro atoms. The van der Waals surface area contributed by atoms with Gasteiger partial charge in [0.2, 0.25) is 0 Å². The molecule has 1 aromatic carbocycles. The zero-order chi connectivity index (χ0) is 15.2. The van der Waals surface area contributed by atoms with Crippen LogP contribution in [0.1, 0.15) is 18.1 Å². The van der Waals surface area contributed by atoms with E-state index in [1.165, 1.54) is 17.8 Å². The van der Waals surface area contributed by atoms with Crippen LogP contribution in [0.3, 0.4) is 0 Å². The van der Waals surface area contributed by atoms with Crippen molar-refractivity contribution in [1.29, 1.82) is 0 Å². The van der Waals surface area contributed by atoms with Crippen LogP contribution >= 0.6 is 11.6 Å². The van der Waals surface area contributed by atoms with Gasteiger partial charge in [-0.2, -0.15) is 5.10 Å². The molecule has 0 aliphatic heterocycles. The summed E-state index contributed by atoms with van der Waals surface area (Å²) in [6.45, 7) is 1.82. The fraction of sp³-hybridized carbons (Fsp3) is 0.267.